The highest BCUT2D eigenvalue weighted by Crippen LogP contribution is 2.19. The molecule has 1 aliphatic heterocycles. The average molecular weight is 286 g/mol. The summed E-state index contributed by atoms with van der Waals surface area (Å²) >= 11 is 5.95. The summed E-state index contributed by atoms with van der Waals surface area (Å²) in [6.45, 7) is 6.53. The van der Waals surface area contributed by atoms with Crippen molar-refractivity contribution in [1.82, 2.24) is 15.0 Å². The van der Waals surface area contributed by atoms with Crippen LogP contribution in [-0.2, 0) is 4.74 Å². The number of anilines is 2. The Kier molecular flexibility index (Phi) is 4.42. The van der Waals surface area contributed by atoms with Gasteiger partial charge < -0.3 is 15.0 Å². The molecule has 0 aromatic carbocycles. The van der Waals surface area contributed by atoms with Crippen molar-refractivity contribution in [2.75, 3.05) is 37.0 Å². The standard InChI is InChI=1S/C12H20ClN5O/c1-12(2,19-3)8-14-10-15-9(13)16-11(17-10)18-6-4-5-7-18/h4-8H2,1-3H3,(H,14,15,16,17). The third-order valence-corrected chi connectivity index (χ3v) is 3.38. The van der Waals surface area contributed by atoms with Crippen LogP contribution in [0.3, 0.4) is 0 Å². The number of aromatic nitrogens is 3. The lowest BCUT2D eigenvalue weighted by atomic mass is 10.1. The highest BCUT2D eigenvalue weighted by Gasteiger charge is 2.19. The van der Waals surface area contributed by atoms with E-state index in [9.17, 15) is 0 Å². The molecule has 1 N–H and O–H groups in total. The van der Waals surface area contributed by atoms with Crippen LogP contribution < -0.4 is 10.2 Å². The maximum Gasteiger partial charge on any atom is 0.231 e. The molecule has 0 aliphatic carbocycles. The number of nitrogens with one attached hydrogen (secondary N) is 1. The quantitative estimate of drug-likeness (QED) is 0.892. The SMILES string of the molecule is COC(C)(C)CNc1nc(Cl)nc(N2CCCC2)n1. The number of hydrogen-bond donors (Lipinski definition) is 1. The highest BCUT2D eigenvalue weighted by molar-refractivity contribution is 6.28. The van der Waals surface area contributed by atoms with E-state index in [1.54, 1.807) is 7.11 Å². The molecule has 106 valence electrons. The molecule has 2 heterocycles. The smallest absolute Gasteiger partial charge is 0.231 e. The first-order valence-corrected chi connectivity index (χ1v) is 6.83. The Balaban J connectivity index is 2.08. The van der Waals surface area contributed by atoms with Crippen molar-refractivity contribution in [2.45, 2.75) is 32.3 Å². The molecule has 2 rings (SSSR count). The van der Waals surface area contributed by atoms with E-state index >= 15 is 0 Å². The van der Waals surface area contributed by atoms with E-state index in [1.165, 1.54) is 12.8 Å². The van der Waals surface area contributed by atoms with Gasteiger partial charge in [-0.15, -0.1) is 0 Å². The van der Waals surface area contributed by atoms with Gasteiger partial charge in [-0.1, -0.05) is 0 Å². The summed E-state index contributed by atoms with van der Waals surface area (Å²) in [5.41, 5.74) is -0.285. The summed E-state index contributed by atoms with van der Waals surface area (Å²) in [5.74, 6) is 1.14. The Morgan fingerprint density at radius 2 is 1.95 bits per heavy atom. The molecule has 0 radical (unpaired) electrons. The maximum absolute atomic E-state index is 5.95. The molecule has 6 nitrogen and oxygen atoms in total. The lowest BCUT2D eigenvalue weighted by molar-refractivity contribution is 0.0342. The van der Waals surface area contributed by atoms with Gasteiger partial charge >= 0.3 is 0 Å². The number of methoxy groups -OCH3 is 1. The monoisotopic (exact) mass is 285 g/mol. The fraction of sp³-hybridized carbons (Fsp3) is 0.750. The maximum atomic E-state index is 5.95. The number of halogens is 1. The molecule has 1 saturated heterocycles. The highest BCUT2D eigenvalue weighted by atomic mass is 35.5. The molecular weight excluding hydrogens is 266 g/mol. The zero-order chi connectivity index (χ0) is 13.9. The minimum absolute atomic E-state index is 0.217. The van der Waals surface area contributed by atoms with Gasteiger partial charge in [0.25, 0.3) is 0 Å². The van der Waals surface area contributed by atoms with Crippen LogP contribution in [0.5, 0.6) is 0 Å². The minimum Gasteiger partial charge on any atom is -0.377 e. The third kappa shape index (κ3) is 3.91. The van der Waals surface area contributed by atoms with Gasteiger partial charge in [-0.2, -0.15) is 15.0 Å². The van der Waals surface area contributed by atoms with E-state index in [0.29, 0.717) is 18.4 Å². The van der Waals surface area contributed by atoms with Crippen molar-refractivity contribution >= 4 is 23.5 Å². The Bertz CT molecular complexity index is 434. The Labute approximate surface area is 118 Å². The molecule has 0 atom stereocenters. The molecule has 1 aromatic heterocycles. The molecule has 19 heavy (non-hydrogen) atoms. The molecule has 0 amide bonds. The van der Waals surface area contributed by atoms with E-state index in [0.717, 1.165) is 13.1 Å². The van der Waals surface area contributed by atoms with Gasteiger partial charge in [-0.25, -0.2) is 0 Å². The average Bonchev–Trinajstić information content (AvgIpc) is 2.90. The number of hydrogen-bond acceptors (Lipinski definition) is 6. The fourth-order valence-corrected chi connectivity index (χ4v) is 2.00. The van der Waals surface area contributed by atoms with Gasteiger partial charge in [0.15, 0.2) is 0 Å². The summed E-state index contributed by atoms with van der Waals surface area (Å²) in [7, 11) is 1.68. The van der Waals surface area contributed by atoms with Crippen molar-refractivity contribution in [1.29, 1.82) is 0 Å². The first-order valence-electron chi connectivity index (χ1n) is 6.46. The normalized spacial score (nSPS) is 15.9. The van der Waals surface area contributed by atoms with Gasteiger partial charge in [-0.3, -0.25) is 0 Å². The van der Waals surface area contributed by atoms with E-state index in [2.05, 4.69) is 25.2 Å². The van der Waals surface area contributed by atoms with E-state index < -0.39 is 0 Å². The summed E-state index contributed by atoms with van der Waals surface area (Å²) in [6.07, 6.45) is 2.34. The zero-order valence-corrected chi connectivity index (χ0v) is 12.4. The van der Waals surface area contributed by atoms with E-state index in [1.807, 2.05) is 13.8 Å². The lowest BCUT2D eigenvalue weighted by Gasteiger charge is -2.23. The molecule has 1 aliphatic rings. The predicted molar refractivity (Wildman–Crippen MR) is 75.9 cm³/mol. The van der Waals surface area contributed by atoms with Crippen molar-refractivity contribution in [3.63, 3.8) is 0 Å². The van der Waals surface area contributed by atoms with Gasteiger partial charge in [-0.05, 0) is 38.3 Å². The Morgan fingerprint density at radius 3 is 2.58 bits per heavy atom. The molecule has 7 heteroatoms. The van der Waals surface area contributed by atoms with Gasteiger partial charge in [0.2, 0.25) is 17.2 Å². The second-order valence-corrected chi connectivity index (χ2v) is 5.58. The second kappa shape index (κ2) is 5.88. The van der Waals surface area contributed by atoms with Crippen LogP contribution in [0.1, 0.15) is 26.7 Å². The van der Waals surface area contributed by atoms with Crippen molar-refractivity contribution < 1.29 is 4.74 Å². The Morgan fingerprint density at radius 1 is 1.26 bits per heavy atom. The minimum atomic E-state index is -0.285. The summed E-state index contributed by atoms with van der Waals surface area (Å²) < 4.78 is 5.34. The van der Waals surface area contributed by atoms with Crippen molar-refractivity contribution in [3.8, 4) is 0 Å². The lowest BCUT2D eigenvalue weighted by Crippen LogP contribution is -2.32. The summed E-state index contributed by atoms with van der Waals surface area (Å²) in [6, 6.07) is 0. The fourth-order valence-electron chi connectivity index (χ4n) is 1.84. The van der Waals surface area contributed by atoms with E-state index in [4.69, 9.17) is 16.3 Å². The molecule has 0 saturated carbocycles. The van der Waals surface area contributed by atoms with Gasteiger partial charge in [0, 0.05) is 26.7 Å². The van der Waals surface area contributed by atoms with Crippen LogP contribution in [0.4, 0.5) is 11.9 Å². The van der Waals surface area contributed by atoms with Crippen LogP contribution in [0.25, 0.3) is 0 Å². The van der Waals surface area contributed by atoms with Gasteiger partial charge in [0.05, 0.1) is 5.60 Å². The first kappa shape index (κ1) is 14.3. The predicted octanol–water partition coefficient (Wildman–Crippen LogP) is 1.96. The van der Waals surface area contributed by atoms with E-state index in [-0.39, 0.29) is 10.9 Å². The third-order valence-electron chi connectivity index (χ3n) is 3.21. The van der Waals surface area contributed by atoms with Crippen LogP contribution >= 0.6 is 11.6 Å². The second-order valence-electron chi connectivity index (χ2n) is 5.24. The van der Waals surface area contributed by atoms with Gasteiger partial charge in [0.1, 0.15) is 0 Å². The van der Waals surface area contributed by atoms with Crippen molar-refractivity contribution in [2.24, 2.45) is 0 Å². The topological polar surface area (TPSA) is 63.2 Å². The van der Waals surface area contributed by atoms with Crippen molar-refractivity contribution in [3.05, 3.63) is 5.28 Å². The number of ether oxygens (including phenoxy) is 1. The van der Waals surface area contributed by atoms with Crippen LogP contribution in [0.2, 0.25) is 5.28 Å². The first-order chi connectivity index (χ1) is 9.00. The number of rotatable bonds is 5. The Hall–Kier alpha value is -1.14. The molecule has 0 bridgehead atoms. The molecule has 0 unspecified atom stereocenters. The van der Waals surface area contributed by atoms with Crippen LogP contribution in [0, 0.1) is 0 Å². The molecule has 0 spiro atoms. The number of nitrogens with zero attached hydrogens (tertiary/aromatic N) is 4. The summed E-state index contributed by atoms with van der Waals surface area (Å²) in [4.78, 5) is 14.8. The molecular formula is C12H20ClN5O. The van der Waals surface area contributed by atoms with Crippen LogP contribution in [-0.4, -0.2) is 47.3 Å². The zero-order valence-electron chi connectivity index (χ0n) is 11.6. The molecule has 1 fully saturated rings. The van der Waals surface area contributed by atoms with Crippen LogP contribution in [0.15, 0.2) is 0 Å². The summed E-state index contributed by atoms with van der Waals surface area (Å²) in [5, 5.41) is 3.36. The molecule has 1 aromatic rings. The largest absolute Gasteiger partial charge is 0.377 e.